The van der Waals surface area contributed by atoms with Gasteiger partial charge in [0.25, 0.3) is 0 Å². The van der Waals surface area contributed by atoms with E-state index in [1.165, 1.54) is 0 Å². The molecule has 0 saturated heterocycles. The molecule has 0 aliphatic heterocycles. The van der Waals surface area contributed by atoms with E-state index in [0.29, 0.717) is 5.56 Å². The molecule has 0 saturated carbocycles. The monoisotopic (exact) mass is 255 g/mol. The van der Waals surface area contributed by atoms with Gasteiger partial charge in [-0.25, -0.2) is 0 Å². The van der Waals surface area contributed by atoms with Gasteiger partial charge in [0, 0.05) is 24.4 Å². The van der Waals surface area contributed by atoms with Crippen molar-refractivity contribution in [1.82, 2.24) is 0 Å². The summed E-state index contributed by atoms with van der Waals surface area (Å²) >= 11 is 0. The van der Waals surface area contributed by atoms with Gasteiger partial charge >= 0.3 is 0 Å². The number of amidine groups is 1. The van der Waals surface area contributed by atoms with Gasteiger partial charge in [0.15, 0.2) is 0 Å². The summed E-state index contributed by atoms with van der Waals surface area (Å²) in [5.41, 5.74) is 8.20. The highest BCUT2D eigenvalue weighted by Gasteiger charge is 2.12. The highest BCUT2D eigenvalue weighted by Crippen LogP contribution is 2.30. The molecule has 0 heterocycles. The summed E-state index contributed by atoms with van der Waals surface area (Å²) in [6.07, 6.45) is 0. The Morgan fingerprint density at radius 1 is 1.16 bits per heavy atom. The third-order valence-electron chi connectivity index (χ3n) is 3.00. The molecule has 2 aromatic rings. The van der Waals surface area contributed by atoms with Gasteiger partial charge in [-0.3, -0.25) is 5.41 Å². The van der Waals surface area contributed by atoms with Crippen LogP contribution >= 0.6 is 0 Å². The van der Waals surface area contributed by atoms with Gasteiger partial charge in [0.2, 0.25) is 0 Å². The van der Waals surface area contributed by atoms with Crippen LogP contribution in [0.15, 0.2) is 48.5 Å². The van der Waals surface area contributed by atoms with Gasteiger partial charge < -0.3 is 15.4 Å². The molecule has 0 radical (unpaired) electrons. The first-order valence-electron chi connectivity index (χ1n) is 5.94. The minimum Gasteiger partial charge on any atom is -0.497 e. The van der Waals surface area contributed by atoms with Gasteiger partial charge in [0.1, 0.15) is 11.6 Å². The van der Waals surface area contributed by atoms with Crippen molar-refractivity contribution < 1.29 is 4.74 Å². The SMILES string of the molecule is COc1ccc(C(=N)N)c(N(C)c2ccccc2)c1. The Hall–Kier alpha value is -2.49. The van der Waals surface area contributed by atoms with Crippen molar-refractivity contribution in [1.29, 1.82) is 5.41 Å². The minimum absolute atomic E-state index is 0.0421. The van der Waals surface area contributed by atoms with E-state index in [4.69, 9.17) is 15.9 Å². The smallest absolute Gasteiger partial charge is 0.124 e. The lowest BCUT2D eigenvalue weighted by Crippen LogP contribution is -2.18. The fraction of sp³-hybridized carbons (Fsp3) is 0.133. The van der Waals surface area contributed by atoms with Crippen LogP contribution in [0, 0.1) is 5.41 Å². The second kappa shape index (κ2) is 5.44. The molecular weight excluding hydrogens is 238 g/mol. The predicted molar refractivity (Wildman–Crippen MR) is 78.5 cm³/mol. The van der Waals surface area contributed by atoms with Crippen molar-refractivity contribution in [3.05, 3.63) is 54.1 Å². The molecule has 0 bridgehead atoms. The fourth-order valence-corrected chi connectivity index (χ4v) is 1.93. The normalized spacial score (nSPS) is 10.0. The van der Waals surface area contributed by atoms with Crippen LogP contribution in [-0.4, -0.2) is 20.0 Å². The Balaban J connectivity index is 2.50. The number of nitrogens with one attached hydrogen (secondary N) is 1. The molecule has 0 fully saturated rings. The van der Waals surface area contributed by atoms with Crippen LogP contribution in [0.4, 0.5) is 11.4 Å². The largest absolute Gasteiger partial charge is 0.497 e. The molecule has 3 N–H and O–H groups in total. The third-order valence-corrected chi connectivity index (χ3v) is 3.00. The number of anilines is 2. The van der Waals surface area contributed by atoms with E-state index < -0.39 is 0 Å². The van der Waals surface area contributed by atoms with E-state index in [0.717, 1.165) is 17.1 Å². The highest BCUT2D eigenvalue weighted by molar-refractivity contribution is 6.01. The Bertz CT molecular complexity index is 581. The molecule has 2 aromatic carbocycles. The molecule has 0 aliphatic rings. The van der Waals surface area contributed by atoms with Gasteiger partial charge in [0.05, 0.1) is 12.8 Å². The van der Waals surface area contributed by atoms with Crippen LogP contribution in [0.2, 0.25) is 0 Å². The second-order valence-corrected chi connectivity index (χ2v) is 4.19. The number of benzene rings is 2. The first kappa shape index (κ1) is 13.0. The van der Waals surface area contributed by atoms with Crippen LogP contribution < -0.4 is 15.4 Å². The van der Waals surface area contributed by atoms with Crippen molar-refractivity contribution in [2.75, 3.05) is 19.1 Å². The van der Waals surface area contributed by atoms with Crippen molar-refractivity contribution in [2.45, 2.75) is 0 Å². The summed E-state index contributed by atoms with van der Waals surface area (Å²) in [5, 5.41) is 7.67. The number of nitrogen functional groups attached to an aromatic ring is 1. The molecule has 19 heavy (non-hydrogen) atoms. The lowest BCUT2D eigenvalue weighted by molar-refractivity contribution is 0.415. The number of nitrogens with two attached hydrogens (primary N) is 1. The van der Waals surface area contributed by atoms with Gasteiger partial charge in [-0.15, -0.1) is 0 Å². The van der Waals surface area contributed by atoms with Crippen LogP contribution in [-0.2, 0) is 0 Å². The quantitative estimate of drug-likeness (QED) is 0.652. The van der Waals surface area contributed by atoms with Crippen LogP contribution in [0.1, 0.15) is 5.56 Å². The van der Waals surface area contributed by atoms with E-state index in [9.17, 15) is 0 Å². The van der Waals surface area contributed by atoms with Crippen molar-refractivity contribution in [3.8, 4) is 5.75 Å². The van der Waals surface area contributed by atoms with Crippen molar-refractivity contribution in [2.24, 2.45) is 5.73 Å². The topological polar surface area (TPSA) is 62.3 Å². The Morgan fingerprint density at radius 3 is 2.42 bits per heavy atom. The summed E-state index contributed by atoms with van der Waals surface area (Å²) in [6, 6.07) is 15.4. The molecule has 0 unspecified atom stereocenters. The van der Waals surface area contributed by atoms with Gasteiger partial charge in [-0.05, 0) is 24.3 Å². The molecule has 0 amide bonds. The summed E-state index contributed by atoms with van der Waals surface area (Å²) in [7, 11) is 3.56. The van der Waals surface area contributed by atoms with E-state index in [1.54, 1.807) is 19.2 Å². The zero-order valence-electron chi connectivity index (χ0n) is 11.1. The number of ether oxygens (including phenoxy) is 1. The molecule has 0 aliphatic carbocycles. The number of nitrogens with zero attached hydrogens (tertiary/aromatic N) is 1. The first-order chi connectivity index (χ1) is 9.13. The highest BCUT2D eigenvalue weighted by atomic mass is 16.5. The number of para-hydroxylation sites is 1. The number of hydrogen-bond acceptors (Lipinski definition) is 3. The zero-order valence-corrected chi connectivity index (χ0v) is 11.1. The van der Waals surface area contributed by atoms with Crippen LogP contribution in [0.25, 0.3) is 0 Å². The average molecular weight is 255 g/mol. The molecule has 0 spiro atoms. The second-order valence-electron chi connectivity index (χ2n) is 4.19. The van der Waals surface area contributed by atoms with E-state index >= 15 is 0 Å². The van der Waals surface area contributed by atoms with Crippen LogP contribution in [0.3, 0.4) is 0 Å². The molecule has 4 heteroatoms. The Labute approximate surface area is 112 Å². The van der Waals surface area contributed by atoms with Crippen molar-refractivity contribution >= 4 is 17.2 Å². The lowest BCUT2D eigenvalue weighted by atomic mass is 10.1. The summed E-state index contributed by atoms with van der Waals surface area (Å²) < 4.78 is 5.24. The molecule has 98 valence electrons. The van der Waals surface area contributed by atoms with Crippen LogP contribution in [0.5, 0.6) is 5.75 Å². The van der Waals surface area contributed by atoms with Gasteiger partial charge in [-0.1, -0.05) is 18.2 Å². The number of methoxy groups -OCH3 is 1. The Kier molecular flexibility index (Phi) is 3.71. The van der Waals surface area contributed by atoms with Crippen molar-refractivity contribution in [3.63, 3.8) is 0 Å². The van der Waals surface area contributed by atoms with E-state index in [1.807, 2.05) is 48.3 Å². The summed E-state index contributed by atoms with van der Waals surface area (Å²) in [4.78, 5) is 1.99. The first-order valence-corrected chi connectivity index (χ1v) is 5.94. The minimum atomic E-state index is 0.0421. The Morgan fingerprint density at radius 2 is 1.84 bits per heavy atom. The summed E-state index contributed by atoms with van der Waals surface area (Å²) in [5.74, 6) is 0.781. The lowest BCUT2D eigenvalue weighted by Gasteiger charge is -2.22. The van der Waals surface area contributed by atoms with E-state index in [2.05, 4.69) is 0 Å². The maximum Gasteiger partial charge on any atom is 0.124 e. The number of hydrogen-bond donors (Lipinski definition) is 2. The predicted octanol–water partition coefficient (Wildman–Crippen LogP) is 2.75. The molecule has 4 nitrogen and oxygen atoms in total. The number of rotatable bonds is 4. The fourth-order valence-electron chi connectivity index (χ4n) is 1.93. The molecule has 2 rings (SSSR count). The maximum absolute atomic E-state index is 7.67. The molecule has 0 aromatic heterocycles. The zero-order chi connectivity index (χ0) is 13.8. The molecular formula is C15H17N3O. The third kappa shape index (κ3) is 2.68. The average Bonchev–Trinajstić information content (AvgIpc) is 2.46. The maximum atomic E-state index is 7.67. The van der Waals surface area contributed by atoms with Gasteiger partial charge in [-0.2, -0.15) is 0 Å². The summed E-state index contributed by atoms with van der Waals surface area (Å²) in [6.45, 7) is 0. The standard InChI is InChI=1S/C15H17N3O/c1-18(11-6-4-3-5-7-11)14-10-12(19-2)8-9-13(14)15(16)17/h3-10H,1-2H3,(H3,16,17). The molecule has 0 atom stereocenters. The van der Waals surface area contributed by atoms with E-state index in [-0.39, 0.29) is 5.84 Å².